The van der Waals surface area contributed by atoms with Gasteiger partial charge < -0.3 is 20.1 Å². The number of hydrogen-bond donors (Lipinski definition) is 3. The second-order valence-electron chi connectivity index (χ2n) is 4.19. The highest BCUT2D eigenvalue weighted by molar-refractivity contribution is 7.99. The minimum absolute atomic E-state index is 0.0842. The maximum absolute atomic E-state index is 11.2. The van der Waals surface area contributed by atoms with Crippen molar-refractivity contribution < 1.29 is 24.6 Å². The summed E-state index contributed by atoms with van der Waals surface area (Å²) in [5, 5.41) is 20.4. The van der Waals surface area contributed by atoms with Crippen molar-refractivity contribution in [2.24, 2.45) is 7.05 Å². The molecule has 1 aromatic carbocycles. The number of benzene rings is 1. The number of aliphatic carboxylic acids is 1. The van der Waals surface area contributed by atoms with Gasteiger partial charge in [-0.3, -0.25) is 4.79 Å². The van der Waals surface area contributed by atoms with E-state index in [4.69, 9.17) is 10.2 Å². The molecule has 2 rings (SSSR count). The lowest BCUT2D eigenvalue weighted by Gasteiger charge is -2.09. The van der Waals surface area contributed by atoms with Gasteiger partial charge in [-0.2, -0.15) is 0 Å². The largest absolute Gasteiger partial charge is 0.478 e. The fourth-order valence-corrected chi connectivity index (χ4v) is 2.45. The molecule has 0 saturated heterocycles. The fourth-order valence-electron chi connectivity index (χ4n) is 1.61. The number of carbonyl (C=O) groups excluding carboxylic acids is 1. The monoisotopic (exact) mass is 321 g/mol. The van der Waals surface area contributed by atoms with Crippen LogP contribution in [0, 0.1) is 0 Å². The minimum Gasteiger partial charge on any atom is -0.478 e. The van der Waals surface area contributed by atoms with Gasteiger partial charge in [0.15, 0.2) is 5.16 Å². The first kappa shape index (κ1) is 15.6. The van der Waals surface area contributed by atoms with Gasteiger partial charge in [-0.05, 0) is 18.2 Å². The molecular formula is C13H11N3O5S. The van der Waals surface area contributed by atoms with Crippen molar-refractivity contribution in [2.75, 3.05) is 5.32 Å². The first-order valence-electron chi connectivity index (χ1n) is 5.95. The number of nitrogens with zero attached hydrogens (tertiary/aromatic N) is 2. The highest BCUT2D eigenvalue weighted by atomic mass is 32.2. The zero-order valence-corrected chi connectivity index (χ0v) is 12.1. The number of amides is 1. The minimum atomic E-state index is -1.70. The van der Waals surface area contributed by atoms with E-state index in [2.05, 4.69) is 10.3 Å². The molecule has 0 aliphatic heterocycles. The summed E-state index contributed by atoms with van der Waals surface area (Å²) in [6, 6.07) is 4.24. The van der Waals surface area contributed by atoms with E-state index in [1.54, 1.807) is 30.1 Å². The Kier molecular flexibility index (Phi) is 4.47. The van der Waals surface area contributed by atoms with Gasteiger partial charge in [0.25, 0.3) is 0 Å². The Bertz CT molecular complexity index is 756. The number of hydrogen-bond acceptors (Lipinski definition) is 5. The molecule has 0 saturated carbocycles. The summed E-state index contributed by atoms with van der Waals surface area (Å²) in [6.45, 7) is 0. The zero-order valence-electron chi connectivity index (χ0n) is 11.3. The molecule has 1 aromatic heterocycles. The van der Waals surface area contributed by atoms with Crippen molar-refractivity contribution in [2.45, 2.75) is 10.1 Å². The topological polar surface area (TPSA) is 122 Å². The molecule has 9 heteroatoms. The van der Waals surface area contributed by atoms with Crippen molar-refractivity contribution in [1.82, 2.24) is 9.55 Å². The van der Waals surface area contributed by atoms with Gasteiger partial charge in [-0.25, -0.2) is 14.6 Å². The summed E-state index contributed by atoms with van der Waals surface area (Å²) in [7, 11) is 1.80. The summed E-state index contributed by atoms with van der Waals surface area (Å²) in [4.78, 5) is 37.7. The summed E-state index contributed by atoms with van der Waals surface area (Å²) in [5.74, 6) is -4.27. The molecule has 0 radical (unpaired) electrons. The average molecular weight is 321 g/mol. The van der Waals surface area contributed by atoms with Gasteiger partial charge in [-0.1, -0.05) is 11.8 Å². The van der Waals surface area contributed by atoms with Crippen molar-refractivity contribution in [3.8, 4) is 0 Å². The molecule has 1 amide bonds. The van der Waals surface area contributed by atoms with Crippen LogP contribution in [0.5, 0.6) is 0 Å². The highest BCUT2D eigenvalue weighted by Gasteiger charge is 2.17. The molecular weight excluding hydrogens is 310 g/mol. The zero-order chi connectivity index (χ0) is 16.3. The lowest BCUT2D eigenvalue weighted by molar-refractivity contribution is -0.147. The van der Waals surface area contributed by atoms with Crippen LogP contribution in [-0.4, -0.2) is 37.6 Å². The third kappa shape index (κ3) is 3.44. The second-order valence-corrected chi connectivity index (χ2v) is 5.24. The van der Waals surface area contributed by atoms with Crippen LogP contribution in [0.2, 0.25) is 0 Å². The third-order valence-corrected chi connectivity index (χ3v) is 3.72. The number of rotatable bonds is 4. The molecule has 3 N–H and O–H groups in total. The number of nitrogens with one attached hydrogen (secondary N) is 1. The molecule has 1 heterocycles. The van der Waals surface area contributed by atoms with Crippen molar-refractivity contribution in [3.05, 3.63) is 36.2 Å². The third-order valence-electron chi connectivity index (χ3n) is 2.65. The lowest BCUT2D eigenvalue weighted by Crippen LogP contribution is -2.23. The molecule has 0 spiro atoms. The number of imidazole rings is 1. The predicted molar refractivity (Wildman–Crippen MR) is 77.0 cm³/mol. The summed E-state index contributed by atoms with van der Waals surface area (Å²) in [5.41, 5.74) is -0.280. The smallest absolute Gasteiger partial charge is 0.394 e. The number of carboxylic acid groups (broad SMARTS) is 2. The molecule has 0 atom stereocenters. The maximum Gasteiger partial charge on any atom is 0.394 e. The van der Waals surface area contributed by atoms with Crippen LogP contribution in [0.3, 0.4) is 0 Å². The molecule has 114 valence electrons. The molecule has 22 heavy (non-hydrogen) atoms. The van der Waals surface area contributed by atoms with Crippen LogP contribution in [-0.2, 0) is 16.6 Å². The van der Waals surface area contributed by atoms with Gasteiger partial charge >= 0.3 is 17.8 Å². The Balaban J connectivity index is 2.34. The predicted octanol–water partition coefficient (Wildman–Crippen LogP) is 1.29. The molecule has 0 bridgehead atoms. The van der Waals surface area contributed by atoms with Crippen molar-refractivity contribution in [3.63, 3.8) is 0 Å². The first-order valence-corrected chi connectivity index (χ1v) is 6.77. The molecule has 8 nitrogen and oxygen atoms in total. The van der Waals surface area contributed by atoms with E-state index in [-0.39, 0.29) is 11.3 Å². The lowest BCUT2D eigenvalue weighted by atomic mass is 10.2. The maximum atomic E-state index is 11.2. The van der Waals surface area contributed by atoms with E-state index in [9.17, 15) is 14.4 Å². The summed E-state index contributed by atoms with van der Waals surface area (Å²) < 4.78 is 1.77. The van der Waals surface area contributed by atoms with E-state index in [0.29, 0.717) is 10.1 Å². The Morgan fingerprint density at radius 2 is 2.00 bits per heavy atom. The molecule has 2 aromatic rings. The number of aryl methyl sites for hydroxylation is 1. The normalized spacial score (nSPS) is 10.2. The van der Waals surface area contributed by atoms with Gasteiger partial charge in [0.1, 0.15) is 0 Å². The van der Waals surface area contributed by atoms with Crippen LogP contribution in [0.4, 0.5) is 5.69 Å². The van der Waals surface area contributed by atoms with Gasteiger partial charge in [0.05, 0.1) is 11.3 Å². The summed E-state index contributed by atoms with van der Waals surface area (Å²) >= 11 is 1.25. The van der Waals surface area contributed by atoms with Gasteiger partial charge in [0, 0.05) is 24.3 Å². The molecule has 0 unspecified atom stereocenters. The SMILES string of the molecule is Cn1ccnc1Sc1ccc(C(=O)O)c(NC(=O)C(=O)O)c1. The quantitative estimate of drug-likeness (QED) is 0.725. The van der Waals surface area contributed by atoms with Crippen LogP contribution < -0.4 is 5.32 Å². The van der Waals surface area contributed by atoms with Gasteiger partial charge in [-0.15, -0.1) is 0 Å². The van der Waals surface area contributed by atoms with Crippen LogP contribution in [0.1, 0.15) is 10.4 Å². The van der Waals surface area contributed by atoms with Crippen molar-refractivity contribution in [1.29, 1.82) is 0 Å². The summed E-state index contributed by atoms with van der Waals surface area (Å²) in [6.07, 6.45) is 3.36. The number of carbonyl (C=O) groups is 3. The van der Waals surface area contributed by atoms with Crippen LogP contribution in [0.15, 0.2) is 40.6 Å². The van der Waals surface area contributed by atoms with Crippen molar-refractivity contribution >= 4 is 35.3 Å². The molecule has 0 aliphatic carbocycles. The van der Waals surface area contributed by atoms with E-state index in [0.717, 1.165) is 0 Å². The van der Waals surface area contributed by atoms with E-state index >= 15 is 0 Å². The molecule has 0 aliphatic rings. The van der Waals surface area contributed by atoms with E-state index < -0.39 is 17.8 Å². The Hall–Kier alpha value is -2.81. The second kappa shape index (κ2) is 6.31. The van der Waals surface area contributed by atoms with E-state index in [1.807, 2.05) is 0 Å². The number of aromatic nitrogens is 2. The Labute approximate surface area is 128 Å². The standard InChI is InChI=1S/C13H11N3O5S/c1-16-5-4-14-13(16)22-7-2-3-8(11(18)19)9(6-7)15-10(17)12(20)21/h2-6H,1H3,(H,15,17)(H,18,19)(H,20,21). The number of aromatic carboxylic acids is 1. The highest BCUT2D eigenvalue weighted by Crippen LogP contribution is 2.29. The molecule has 0 fully saturated rings. The number of carboxylic acids is 2. The van der Waals surface area contributed by atoms with Crippen LogP contribution in [0.25, 0.3) is 0 Å². The first-order chi connectivity index (χ1) is 10.4. The van der Waals surface area contributed by atoms with Gasteiger partial charge in [0.2, 0.25) is 0 Å². The average Bonchev–Trinajstić information content (AvgIpc) is 2.84. The van der Waals surface area contributed by atoms with Crippen LogP contribution >= 0.6 is 11.8 Å². The van der Waals surface area contributed by atoms with E-state index in [1.165, 1.54) is 23.9 Å². The Morgan fingerprint density at radius 1 is 1.27 bits per heavy atom. The Morgan fingerprint density at radius 3 is 2.55 bits per heavy atom. The fraction of sp³-hybridized carbons (Fsp3) is 0.0769. The number of anilines is 1.